The van der Waals surface area contributed by atoms with Gasteiger partial charge in [-0.3, -0.25) is 4.79 Å². The van der Waals surface area contributed by atoms with Gasteiger partial charge in [0.25, 0.3) is 5.91 Å². The molecular formula is C5H8INO. The molecule has 46 valence electrons. The van der Waals surface area contributed by atoms with Crippen molar-refractivity contribution in [2.24, 2.45) is 0 Å². The van der Waals surface area contributed by atoms with Gasteiger partial charge in [0.15, 0.2) is 0 Å². The number of likely N-dealkylation sites (N-methyl/N-ethyl adjacent to an activating group) is 1. The first-order valence-corrected chi connectivity index (χ1v) is 3.39. The maximum absolute atomic E-state index is 10.5. The Kier molecular flexibility index (Phi) is 3.85. The topological polar surface area (TPSA) is 29.1 Å². The van der Waals surface area contributed by atoms with E-state index in [0.717, 1.165) is 0 Å². The molecule has 0 aromatic heterocycles. The van der Waals surface area contributed by atoms with Crippen LogP contribution in [0.4, 0.5) is 0 Å². The van der Waals surface area contributed by atoms with Crippen molar-refractivity contribution < 1.29 is 4.79 Å². The molecule has 0 rings (SSSR count). The second-order valence-corrected chi connectivity index (χ2v) is 2.57. The average Bonchev–Trinajstić information content (AvgIpc) is 1.67. The van der Waals surface area contributed by atoms with Crippen LogP contribution in [0.2, 0.25) is 0 Å². The summed E-state index contributed by atoms with van der Waals surface area (Å²) >= 11 is 1.89. The molecule has 0 aliphatic heterocycles. The minimum Gasteiger partial charge on any atom is -0.352 e. The van der Waals surface area contributed by atoms with Crippen LogP contribution in [0.5, 0.6) is 0 Å². The Morgan fingerprint density at radius 3 is 2.50 bits per heavy atom. The second kappa shape index (κ2) is 3.88. The summed E-state index contributed by atoms with van der Waals surface area (Å²) in [5.41, 5.74) is 0. The van der Waals surface area contributed by atoms with Crippen molar-refractivity contribution in [3.63, 3.8) is 0 Å². The van der Waals surface area contributed by atoms with Crippen LogP contribution < -0.4 is 5.32 Å². The van der Waals surface area contributed by atoms with E-state index in [0.29, 0.717) is 10.1 Å². The van der Waals surface area contributed by atoms with Crippen LogP contribution >= 0.6 is 22.6 Å². The van der Waals surface area contributed by atoms with E-state index in [2.05, 4.69) is 11.9 Å². The highest BCUT2D eigenvalue weighted by atomic mass is 127. The van der Waals surface area contributed by atoms with Crippen molar-refractivity contribution >= 4 is 28.5 Å². The summed E-state index contributed by atoms with van der Waals surface area (Å²) in [4.78, 5) is 10.5. The summed E-state index contributed by atoms with van der Waals surface area (Å²) in [6.07, 6.45) is 0. The first kappa shape index (κ1) is 7.94. The van der Waals surface area contributed by atoms with E-state index in [1.807, 2.05) is 29.5 Å². The molecule has 0 aromatic carbocycles. The van der Waals surface area contributed by atoms with Gasteiger partial charge in [-0.25, -0.2) is 0 Å². The lowest BCUT2D eigenvalue weighted by atomic mass is 10.6. The molecule has 0 aliphatic carbocycles. The Morgan fingerprint density at radius 1 is 1.88 bits per heavy atom. The maximum Gasteiger partial charge on any atom is 0.256 e. The van der Waals surface area contributed by atoms with E-state index in [1.54, 1.807) is 0 Å². The molecule has 0 radical (unpaired) electrons. The molecule has 0 heterocycles. The van der Waals surface area contributed by atoms with Gasteiger partial charge in [-0.05, 0) is 29.5 Å². The van der Waals surface area contributed by atoms with Gasteiger partial charge < -0.3 is 5.32 Å². The van der Waals surface area contributed by atoms with Crippen LogP contribution in [0.3, 0.4) is 0 Å². The normalized spacial score (nSPS) is 8.25. The molecular weight excluding hydrogens is 217 g/mol. The highest BCUT2D eigenvalue weighted by molar-refractivity contribution is 14.1. The lowest BCUT2D eigenvalue weighted by molar-refractivity contribution is -0.116. The number of carbonyl (C=O) groups is 1. The zero-order valence-corrected chi connectivity index (χ0v) is 6.86. The van der Waals surface area contributed by atoms with E-state index in [9.17, 15) is 4.79 Å². The third-order valence-electron chi connectivity index (χ3n) is 0.584. The van der Waals surface area contributed by atoms with Crippen molar-refractivity contribution in [3.05, 3.63) is 10.2 Å². The average molecular weight is 225 g/mol. The Morgan fingerprint density at radius 2 is 2.38 bits per heavy atom. The quantitative estimate of drug-likeness (QED) is 0.552. The third-order valence-corrected chi connectivity index (χ3v) is 1.07. The molecule has 1 amide bonds. The van der Waals surface area contributed by atoms with Crippen molar-refractivity contribution in [2.45, 2.75) is 6.92 Å². The van der Waals surface area contributed by atoms with Gasteiger partial charge in [0.2, 0.25) is 0 Å². The fourth-order valence-electron chi connectivity index (χ4n) is 0.256. The highest BCUT2D eigenvalue weighted by Gasteiger charge is 1.97. The Balaban J connectivity index is 3.49. The third kappa shape index (κ3) is 3.01. The van der Waals surface area contributed by atoms with Gasteiger partial charge in [0.1, 0.15) is 0 Å². The Labute approximate surface area is 62.5 Å². The molecule has 0 atom stereocenters. The van der Waals surface area contributed by atoms with Crippen LogP contribution in [0.15, 0.2) is 10.2 Å². The van der Waals surface area contributed by atoms with Crippen LogP contribution in [-0.4, -0.2) is 12.5 Å². The maximum atomic E-state index is 10.5. The van der Waals surface area contributed by atoms with Crippen molar-refractivity contribution in [2.75, 3.05) is 6.54 Å². The molecule has 0 spiro atoms. The molecule has 0 bridgehead atoms. The number of nitrogens with one attached hydrogen (secondary N) is 1. The fourth-order valence-corrected chi connectivity index (χ4v) is 0.447. The lowest BCUT2D eigenvalue weighted by Gasteiger charge is -1.95. The SMILES string of the molecule is C=C(I)C(=O)NCC. The molecule has 1 N–H and O–H groups in total. The van der Waals surface area contributed by atoms with E-state index in [4.69, 9.17) is 0 Å². The van der Waals surface area contributed by atoms with Crippen LogP contribution in [0.1, 0.15) is 6.92 Å². The first-order chi connectivity index (χ1) is 3.68. The minimum absolute atomic E-state index is 0.0758. The van der Waals surface area contributed by atoms with E-state index in [-0.39, 0.29) is 5.91 Å². The number of carbonyl (C=O) groups excluding carboxylic acids is 1. The van der Waals surface area contributed by atoms with Gasteiger partial charge in [0, 0.05) is 6.54 Å². The van der Waals surface area contributed by atoms with Gasteiger partial charge in [-0.1, -0.05) is 6.58 Å². The van der Waals surface area contributed by atoms with Crippen molar-refractivity contribution in [1.29, 1.82) is 0 Å². The second-order valence-electron chi connectivity index (χ2n) is 1.26. The molecule has 0 fully saturated rings. The molecule has 2 nitrogen and oxygen atoms in total. The van der Waals surface area contributed by atoms with E-state index >= 15 is 0 Å². The van der Waals surface area contributed by atoms with E-state index in [1.165, 1.54) is 0 Å². The summed E-state index contributed by atoms with van der Waals surface area (Å²) < 4.78 is 0.532. The molecule has 8 heavy (non-hydrogen) atoms. The summed E-state index contributed by atoms with van der Waals surface area (Å²) in [5, 5.41) is 2.60. The smallest absolute Gasteiger partial charge is 0.256 e. The summed E-state index contributed by atoms with van der Waals surface area (Å²) in [6.45, 7) is 5.99. The number of halogens is 1. The predicted molar refractivity (Wildman–Crippen MR) is 41.8 cm³/mol. The molecule has 3 heteroatoms. The van der Waals surface area contributed by atoms with Crippen LogP contribution in [-0.2, 0) is 4.79 Å². The van der Waals surface area contributed by atoms with E-state index < -0.39 is 0 Å². The molecule has 0 aliphatic rings. The fraction of sp³-hybridized carbons (Fsp3) is 0.400. The molecule has 0 aromatic rings. The van der Waals surface area contributed by atoms with Gasteiger partial charge in [-0.15, -0.1) is 0 Å². The van der Waals surface area contributed by atoms with Gasteiger partial charge in [-0.2, -0.15) is 0 Å². The number of rotatable bonds is 2. The summed E-state index contributed by atoms with van der Waals surface area (Å²) in [7, 11) is 0. The standard InChI is InChI=1S/C5H8INO/c1-3-7-5(8)4(2)6/h2-3H2,1H3,(H,7,8). The van der Waals surface area contributed by atoms with Gasteiger partial charge in [0.05, 0.1) is 3.58 Å². The molecule has 0 unspecified atom stereocenters. The van der Waals surface area contributed by atoms with Crippen LogP contribution in [0, 0.1) is 0 Å². The van der Waals surface area contributed by atoms with Crippen molar-refractivity contribution in [3.8, 4) is 0 Å². The summed E-state index contributed by atoms with van der Waals surface area (Å²) in [6, 6.07) is 0. The zero-order chi connectivity index (χ0) is 6.57. The Bertz CT molecular complexity index is 111. The lowest BCUT2D eigenvalue weighted by Crippen LogP contribution is -2.21. The number of hydrogen-bond acceptors (Lipinski definition) is 1. The number of amides is 1. The van der Waals surface area contributed by atoms with Gasteiger partial charge >= 0.3 is 0 Å². The first-order valence-electron chi connectivity index (χ1n) is 2.31. The Hall–Kier alpha value is -0.0600. The van der Waals surface area contributed by atoms with Crippen LogP contribution in [0.25, 0.3) is 0 Å². The minimum atomic E-state index is -0.0758. The molecule has 0 saturated heterocycles. The largest absolute Gasteiger partial charge is 0.352 e. The van der Waals surface area contributed by atoms with Crippen molar-refractivity contribution in [1.82, 2.24) is 5.32 Å². The number of hydrogen-bond donors (Lipinski definition) is 1. The highest BCUT2D eigenvalue weighted by Crippen LogP contribution is 1.99. The molecule has 0 saturated carbocycles. The predicted octanol–water partition coefficient (Wildman–Crippen LogP) is 1.07. The monoisotopic (exact) mass is 225 g/mol. The zero-order valence-electron chi connectivity index (χ0n) is 4.70. The summed E-state index contributed by atoms with van der Waals surface area (Å²) in [5.74, 6) is -0.0758.